The molecule has 0 unspecified atom stereocenters. The molecule has 0 radical (unpaired) electrons. The van der Waals surface area contributed by atoms with Gasteiger partial charge in [0.15, 0.2) is 0 Å². The number of carbonyl (C=O) groups is 1. The molecule has 0 aliphatic carbocycles. The third-order valence-electron chi connectivity index (χ3n) is 3.35. The van der Waals surface area contributed by atoms with E-state index in [9.17, 15) is 15.0 Å². The van der Waals surface area contributed by atoms with Gasteiger partial charge in [0.2, 0.25) is 0 Å². The lowest BCUT2D eigenvalue weighted by Gasteiger charge is -2.17. The number of nitrogens with zero attached hydrogens (tertiary/aromatic N) is 1. The Labute approximate surface area is 117 Å². The zero-order valence-electron chi connectivity index (χ0n) is 11.6. The van der Waals surface area contributed by atoms with Gasteiger partial charge in [-0.2, -0.15) is 0 Å². The molecule has 1 aromatic carbocycles. The first-order chi connectivity index (χ1) is 9.31. The summed E-state index contributed by atoms with van der Waals surface area (Å²) in [5, 5.41) is 29.1. The van der Waals surface area contributed by atoms with Gasteiger partial charge in [0.05, 0.1) is 17.7 Å². The normalized spacial score (nSPS) is 12.0. The average Bonchev–Trinajstić information content (AvgIpc) is 2.78. The molecule has 2 rings (SSSR count). The molecule has 0 aliphatic heterocycles. The molecule has 3 N–H and O–H groups in total. The number of aliphatic hydroxyl groups excluding tert-OH is 1. The van der Waals surface area contributed by atoms with Crippen molar-refractivity contribution in [2.24, 2.45) is 0 Å². The highest BCUT2D eigenvalue weighted by Gasteiger charge is 2.16. The van der Waals surface area contributed by atoms with Gasteiger partial charge in [-0.1, -0.05) is 6.07 Å². The van der Waals surface area contributed by atoms with E-state index in [0.29, 0.717) is 23.9 Å². The molecule has 20 heavy (non-hydrogen) atoms. The molecule has 0 saturated carbocycles. The SMILES string of the molecule is CC(C)(O)CCc1cc(CO)cc2c1ccn2C(=O)O. The van der Waals surface area contributed by atoms with E-state index in [-0.39, 0.29) is 6.61 Å². The zero-order valence-corrected chi connectivity index (χ0v) is 11.6. The summed E-state index contributed by atoms with van der Waals surface area (Å²) in [6.45, 7) is 3.33. The van der Waals surface area contributed by atoms with E-state index < -0.39 is 11.7 Å². The molecule has 0 amide bonds. The van der Waals surface area contributed by atoms with Gasteiger partial charge in [0.25, 0.3) is 0 Å². The number of rotatable bonds is 4. The van der Waals surface area contributed by atoms with E-state index in [0.717, 1.165) is 15.5 Å². The summed E-state index contributed by atoms with van der Waals surface area (Å²) in [6.07, 6.45) is 1.64. The number of carboxylic acid groups (broad SMARTS) is 1. The molecule has 0 bridgehead atoms. The fourth-order valence-corrected chi connectivity index (χ4v) is 2.29. The smallest absolute Gasteiger partial charge is 0.415 e. The van der Waals surface area contributed by atoms with Crippen LogP contribution in [0.4, 0.5) is 4.79 Å². The van der Waals surface area contributed by atoms with E-state index in [1.165, 1.54) is 6.20 Å². The summed E-state index contributed by atoms with van der Waals surface area (Å²) in [5.74, 6) is 0. The van der Waals surface area contributed by atoms with Crippen LogP contribution >= 0.6 is 0 Å². The van der Waals surface area contributed by atoms with Gasteiger partial charge in [-0.25, -0.2) is 4.79 Å². The topological polar surface area (TPSA) is 82.7 Å². The molecule has 1 heterocycles. The lowest BCUT2D eigenvalue weighted by Crippen LogP contribution is -2.19. The van der Waals surface area contributed by atoms with Crippen LogP contribution in [0.1, 0.15) is 31.4 Å². The highest BCUT2D eigenvalue weighted by Crippen LogP contribution is 2.25. The third kappa shape index (κ3) is 3.00. The fraction of sp³-hybridized carbons (Fsp3) is 0.400. The standard InChI is InChI=1S/C15H19NO4/c1-15(2,20)5-3-11-7-10(9-17)8-13-12(11)4-6-16(13)14(18)19/h4,6-8,17,20H,3,5,9H2,1-2H3,(H,18,19). The second-order valence-electron chi connectivity index (χ2n) is 5.63. The molecule has 0 spiro atoms. The number of benzene rings is 1. The van der Waals surface area contributed by atoms with Crippen LogP contribution in [0.15, 0.2) is 24.4 Å². The van der Waals surface area contributed by atoms with Crippen LogP contribution in [0.5, 0.6) is 0 Å². The summed E-state index contributed by atoms with van der Waals surface area (Å²) >= 11 is 0. The quantitative estimate of drug-likeness (QED) is 0.801. The molecule has 5 nitrogen and oxygen atoms in total. The van der Waals surface area contributed by atoms with Crippen LogP contribution < -0.4 is 0 Å². The van der Waals surface area contributed by atoms with Crippen molar-refractivity contribution in [1.82, 2.24) is 4.57 Å². The molecule has 108 valence electrons. The number of hydrogen-bond donors (Lipinski definition) is 3. The van der Waals surface area contributed by atoms with Crippen molar-refractivity contribution in [1.29, 1.82) is 0 Å². The number of aryl methyl sites for hydroxylation is 1. The largest absolute Gasteiger partial charge is 0.464 e. The molecule has 0 atom stereocenters. The number of aromatic nitrogens is 1. The monoisotopic (exact) mass is 277 g/mol. The first kappa shape index (κ1) is 14.6. The maximum atomic E-state index is 11.2. The minimum atomic E-state index is -1.05. The minimum Gasteiger partial charge on any atom is -0.464 e. The Balaban J connectivity index is 2.50. The Morgan fingerprint density at radius 1 is 1.35 bits per heavy atom. The summed E-state index contributed by atoms with van der Waals surface area (Å²) in [5.41, 5.74) is 1.39. The van der Waals surface area contributed by atoms with Crippen LogP contribution in [0.2, 0.25) is 0 Å². The van der Waals surface area contributed by atoms with Crippen molar-refractivity contribution in [3.05, 3.63) is 35.5 Å². The second kappa shape index (κ2) is 5.26. The Bertz CT molecular complexity index is 637. The third-order valence-corrected chi connectivity index (χ3v) is 3.35. The summed E-state index contributed by atoms with van der Waals surface area (Å²) in [4.78, 5) is 11.2. The van der Waals surface area contributed by atoms with Gasteiger partial charge in [0, 0.05) is 11.6 Å². The van der Waals surface area contributed by atoms with Crippen molar-refractivity contribution < 1.29 is 20.1 Å². The Kier molecular flexibility index (Phi) is 3.83. The molecular formula is C15H19NO4. The van der Waals surface area contributed by atoms with E-state index >= 15 is 0 Å². The Morgan fingerprint density at radius 2 is 2.05 bits per heavy atom. The van der Waals surface area contributed by atoms with Crippen LogP contribution in [0.3, 0.4) is 0 Å². The lowest BCUT2D eigenvalue weighted by molar-refractivity contribution is 0.0715. The molecule has 0 aliphatic rings. The van der Waals surface area contributed by atoms with Crippen molar-refractivity contribution in [2.45, 2.75) is 38.9 Å². The number of fused-ring (bicyclic) bond motifs is 1. The molecule has 0 saturated heterocycles. The Morgan fingerprint density at radius 3 is 2.60 bits per heavy atom. The maximum Gasteiger partial charge on any atom is 0.415 e. The van der Waals surface area contributed by atoms with Crippen LogP contribution in [0, 0.1) is 0 Å². The van der Waals surface area contributed by atoms with Crippen LogP contribution in [0.25, 0.3) is 10.9 Å². The zero-order chi connectivity index (χ0) is 14.9. The Hall–Kier alpha value is -1.85. The predicted octanol–water partition coefficient (Wildman–Crippen LogP) is 2.36. The first-order valence-corrected chi connectivity index (χ1v) is 6.51. The predicted molar refractivity (Wildman–Crippen MR) is 75.9 cm³/mol. The molecule has 2 aromatic rings. The average molecular weight is 277 g/mol. The van der Waals surface area contributed by atoms with Crippen LogP contribution in [-0.2, 0) is 13.0 Å². The highest BCUT2D eigenvalue weighted by atomic mass is 16.4. The molecular weight excluding hydrogens is 258 g/mol. The summed E-state index contributed by atoms with van der Waals surface area (Å²) < 4.78 is 1.14. The summed E-state index contributed by atoms with van der Waals surface area (Å²) in [7, 11) is 0. The molecule has 0 fully saturated rings. The maximum absolute atomic E-state index is 11.2. The van der Waals surface area contributed by atoms with Crippen molar-refractivity contribution in [3.8, 4) is 0 Å². The van der Waals surface area contributed by atoms with Gasteiger partial charge in [0.1, 0.15) is 0 Å². The van der Waals surface area contributed by atoms with Crippen molar-refractivity contribution in [2.75, 3.05) is 0 Å². The van der Waals surface area contributed by atoms with Gasteiger partial charge in [-0.15, -0.1) is 0 Å². The van der Waals surface area contributed by atoms with Gasteiger partial charge >= 0.3 is 6.09 Å². The summed E-state index contributed by atoms with van der Waals surface area (Å²) in [6, 6.07) is 5.29. The molecule has 1 aromatic heterocycles. The highest BCUT2D eigenvalue weighted by molar-refractivity contribution is 5.91. The second-order valence-corrected chi connectivity index (χ2v) is 5.63. The van der Waals surface area contributed by atoms with Crippen molar-refractivity contribution >= 4 is 17.0 Å². The molecule has 5 heteroatoms. The van der Waals surface area contributed by atoms with Gasteiger partial charge in [-0.05, 0) is 49.9 Å². The van der Waals surface area contributed by atoms with Crippen LogP contribution in [-0.4, -0.2) is 31.6 Å². The van der Waals surface area contributed by atoms with Gasteiger partial charge < -0.3 is 15.3 Å². The fourth-order valence-electron chi connectivity index (χ4n) is 2.29. The first-order valence-electron chi connectivity index (χ1n) is 6.51. The van der Waals surface area contributed by atoms with E-state index in [4.69, 9.17) is 5.11 Å². The number of hydrogen-bond acceptors (Lipinski definition) is 3. The van der Waals surface area contributed by atoms with Gasteiger partial charge in [-0.3, -0.25) is 4.57 Å². The number of aliphatic hydroxyl groups is 2. The van der Waals surface area contributed by atoms with E-state index in [1.54, 1.807) is 26.0 Å². The van der Waals surface area contributed by atoms with Crippen molar-refractivity contribution in [3.63, 3.8) is 0 Å². The lowest BCUT2D eigenvalue weighted by atomic mass is 9.95. The van der Waals surface area contributed by atoms with E-state index in [1.807, 2.05) is 6.07 Å². The minimum absolute atomic E-state index is 0.143. The van der Waals surface area contributed by atoms with E-state index in [2.05, 4.69) is 0 Å².